The number of aryl methyl sites for hydroxylation is 3. The first-order chi connectivity index (χ1) is 12.0. The largest absolute Gasteiger partial charge is 0.483 e. The third-order valence-corrected chi connectivity index (χ3v) is 3.73. The number of amides is 1. The van der Waals surface area contributed by atoms with Crippen molar-refractivity contribution in [1.29, 1.82) is 0 Å². The van der Waals surface area contributed by atoms with E-state index in [9.17, 15) is 4.79 Å². The van der Waals surface area contributed by atoms with Crippen molar-refractivity contribution in [2.75, 3.05) is 11.9 Å². The predicted molar refractivity (Wildman–Crippen MR) is 94.5 cm³/mol. The fourth-order valence-corrected chi connectivity index (χ4v) is 2.41. The summed E-state index contributed by atoms with van der Waals surface area (Å²) in [6.07, 6.45) is 0. The molecule has 1 aromatic heterocycles. The lowest BCUT2D eigenvalue weighted by Gasteiger charge is -2.10. The molecule has 0 aliphatic heterocycles. The maximum absolute atomic E-state index is 12.0. The van der Waals surface area contributed by atoms with Gasteiger partial charge in [0, 0.05) is 5.56 Å². The summed E-state index contributed by atoms with van der Waals surface area (Å²) in [5.41, 5.74) is 3.90. The van der Waals surface area contributed by atoms with Crippen molar-refractivity contribution in [3.05, 3.63) is 59.2 Å². The Labute approximate surface area is 145 Å². The third-order valence-electron chi connectivity index (χ3n) is 3.73. The van der Waals surface area contributed by atoms with E-state index in [4.69, 9.17) is 9.26 Å². The molecule has 0 spiro atoms. The normalized spacial score (nSPS) is 10.5. The van der Waals surface area contributed by atoms with E-state index >= 15 is 0 Å². The number of hydrogen-bond acceptors (Lipinski definition) is 5. The molecule has 1 amide bonds. The van der Waals surface area contributed by atoms with E-state index in [0.29, 0.717) is 11.6 Å². The Morgan fingerprint density at radius 2 is 1.76 bits per heavy atom. The van der Waals surface area contributed by atoms with Crippen LogP contribution >= 0.6 is 0 Å². The first-order valence-corrected chi connectivity index (χ1v) is 7.92. The smallest absolute Gasteiger partial charge is 0.270 e. The van der Waals surface area contributed by atoms with Crippen LogP contribution in [0.25, 0.3) is 11.5 Å². The van der Waals surface area contributed by atoms with Crippen molar-refractivity contribution >= 4 is 11.9 Å². The molecule has 2 aromatic carbocycles. The van der Waals surface area contributed by atoms with Crippen LogP contribution in [0.3, 0.4) is 0 Å². The number of carbonyl (C=O) groups excluding carboxylic acids is 1. The average molecular weight is 337 g/mol. The molecule has 0 aliphatic carbocycles. The van der Waals surface area contributed by atoms with Gasteiger partial charge >= 0.3 is 0 Å². The van der Waals surface area contributed by atoms with Crippen molar-refractivity contribution in [3.8, 4) is 17.2 Å². The highest BCUT2D eigenvalue weighted by molar-refractivity contribution is 5.90. The Kier molecular flexibility index (Phi) is 4.79. The number of rotatable bonds is 5. The number of aromatic nitrogens is 2. The summed E-state index contributed by atoms with van der Waals surface area (Å²) in [5, 5.41) is 6.34. The van der Waals surface area contributed by atoms with Crippen LogP contribution in [0, 0.1) is 20.8 Å². The summed E-state index contributed by atoms with van der Waals surface area (Å²) in [4.78, 5) is 16.2. The second-order valence-electron chi connectivity index (χ2n) is 5.85. The second kappa shape index (κ2) is 7.17. The van der Waals surface area contributed by atoms with E-state index in [1.54, 1.807) is 0 Å². The van der Waals surface area contributed by atoms with E-state index in [1.807, 2.05) is 63.2 Å². The summed E-state index contributed by atoms with van der Waals surface area (Å²) in [6, 6.07) is 13.5. The van der Waals surface area contributed by atoms with Crippen molar-refractivity contribution in [2.24, 2.45) is 0 Å². The molecule has 6 nitrogen and oxygen atoms in total. The van der Waals surface area contributed by atoms with Gasteiger partial charge in [0.2, 0.25) is 0 Å². The molecule has 0 atom stereocenters. The Morgan fingerprint density at radius 1 is 1.08 bits per heavy atom. The molecule has 0 fully saturated rings. The molecule has 1 heterocycles. The SMILES string of the molecule is Cc1ccc(-c2nc(NC(=O)COc3c(C)cccc3C)no2)cc1. The average Bonchev–Trinajstić information content (AvgIpc) is 3.03. The number of nitrogens with one attached hydrogen (secondary N) is 1. The lowest BCUT2D eigenvalue weighted by molar-refractivity contribution is -0.118. The van der Waals surface area contributed by atoms with Crippen LogP contribution in [0.1, 0.15) is 16.7 Å². The number of benzene rings is 2. The van der Waals surface area contributed by atoms with Crippen LogP contribution in [0.5, 0.6) is 5.75 Å². The minimum absolute atomic E-state index is 0.116. The summed E-state index contributed by atoms with van der Waals surface area (Å²) < 4.78 is 10.8. The summed E-state index contributed by atoms with van der Waals surface area (Å²) >= 11 is 0. The predicted octanol–water partition coefficient (Wildman–Crippen LogP) is 3.68. The van der Waals surface area contributed by atoms with E-state index in [2.05, 4.69) is 15.5 Å². The molecular weight excluding hydrogens is 318 g/mol. The highest BCUT2D eigenvalue weighted by atomic mass is 16.5. The van der Waals surface area contributed by atoms with Crippen LogP contribution in [-0.4, -0.2) is 22.7 Å². The topological polar surface area (TPSA) is 77.2 Å². The quantitative estimate of drug-likeness (QED) is 0.768. The van der Waals surface area contributed by atoms with E-state index < -0.39 is 0 Å². The van der Waals surface area contributed by atoms with Crippen LogP contribution < -0.4 is 10.1 Å². The third kappa shape index (κ3) is 4.03. The molecule has 128 valence electrons. The van der Waals surface area contributed by atoms with Gasteiger partial charge in [0.1, 0.15) is 5.75 Å². The summed E-state index contributed by atoms with van der Waals surface area (Å²) in [7, 11) is 0. The van der Waals surface area contributed by atoms with Crippen molar-refractivity contribution in [2.45, 2.75) is 20.8 Å². The zero-order valence-corrected chi connectivity index (χ0v) is 14.4. The number of para-hydroxylation sites is 1. The molecule has 0 bridgehead atoms. The molecule has 0 saturated heterocycles. The molecule has 1 N–H and O–H groups in total. The summed E-state index contributed by atoms with van der Waals surface area (Å²) in [6.45, 7) is 5.75. The molecule has 0 aliphatic rings. The van der Waals surface area contributed by atoms with Gasteiger partial charge in [-0.1, -0.05) is 35.9 Å². The number of anilines is 1. The Bertz CT molecular complexity index is 865. The van der Waals surface area contributed by atoms with Gasteiger partial charge in [-0.3, -0.25) is 10.1 Å². The van der Waals surface area contributed by atoms with Crippen LogP contribution in [0.4, 0.5) is 5.95 Å². The fourth-order valence-electron chi connectivity index (χ4n) is 2.41. The second-order valence-corrected chi connectivity index (χ2v) is 5.85. The Hall–Kier alpha value is -3.15. The molecule has 3 rings (SSSR count). The maximum Gasteiger partial charge on any atom is 0.270 e. The van der Waals surface area contributed by atoms with Gasteiger partial charge in [-0.15, -0.1) is 0 Å². The van der Waals surface area contributed by atoms with Gasteiger partial charge in [0.15, 0.2) is 6.61 Å². The minimum Gasteiger partial charge on any atom is -0.483 e. The van der Waals surface area contributed by atoms with E-state index in [1.165, 1.54) is 0 Å². The first-order valence-electron chi connectivity index (χ1n) is 7.92. The van der Waals surface area contributed by atoms with Gasteiger partial charge in [0.05, 0.1) is 0 Å². The van der Waals surface area contributed by atoms with Gasteiger partial charge < -0.3 is 9.26 Å². The fraction of sp³-hybridized carbons (Fsp3) is 0.211. The number of ether oxygens (including phenoxy) is 1. The Morgan fingerprint density at radius 3 is 2.44 bits per heavy atom. The number of carbonyl (C=O) groups is 1. The van der Waals surface area contributed by atoms with Gasteiger partial charge in [0.25, 0.3) is 17.7 Å². The zero-order valence-electron chi connectivity index (χ0n) is 14.4. The first kappa shape index (κ1) is 16.7. The molecule has 3 aromatic rings. The molecule has 25 heavy (non-hydrogen) atoms. The monoisotopic (exact) mass is 337 g/mol. The van der Waals surface area contributed by atoms with Gasteiger partial charge in [-0.05, 0) is 49.2 Å². The van der Waals surface area contributed by atoms with Gasteiger partial charge in [-0.25, -0.2) is 0 Å². The standard InChI is InChI=1S/C19H19N3O3/c1-12-7-9-15(10-8-12)18-21-19(22-25-18)20-16(23)11-24-17-13(2)5-4-6-14(17)3/h4-10H,11H2,1-3H3,(H,20,22,23). The lowest BCUT2D eigenvalue weighted by Crippen LogP contribution is -2.21. The number of hydrogen-bond donors (Lipinski definition) is 1. The highest BCUT2D eigenvalue weighted by Gasteiger charge is 2.12. The minimum atomic E-state index is -0.348. The van der Waals surface area contributed by atoms with Crippen LogP contribution in [0.2, 0.25) is 0 Å². The summed E-state index contributed by atoms with van der Waals surface area (Å²) in [5.74, 6) is 0.835. The zero-order chi connectivity index (χ0) is 17.8. The van der Waals surface area contributed by atoms with Gasteiger partial charge in [-0.2, -0.15) is 4.98 Å². The number of nitrogens with zero attached hydrogens (tertiary/aromatic N) is 2. The lowest BCUT2D eigenvalue weighted by atomic mass is 10.1. The molecule has 0 saturated carbocycles. The Balaban J connectivity index is 1.61. The molecule has 6 heteroatoms. The molecule has 0 radical (unpaired) electrons. The van der Waals surface area contributed by atoms with E-state index in [-0.39, 0.29) is 18.5 Å². The molecule has 0 unspecified atom stereocenters. The highest BCUT2D eigenvalue weighted by Crippen LogP contribution is 2.22. The van der Waals surface area contributed by atoms with Crippen molar-refractivity contribution in [3.63, 3.8) is 0 Å². The van der Waals surface area contributed by atoms with E-state index in [0.717, 1.165) is 22.3 Å². The van der Waals surface area contributed by atoms with Crippen LogP contribution in [0.15, 0.2) is 47.0 Å². The maximum atomic E-state index is 12.0. The molecular formula is C19H19N3O3. The van der Waals surface area contributed by atoms with Crippen molar-refractivity contribution in [1.82, 2.24) is 10.1 Å². The van der Waals surface area contributed by atoms with Crippen LogP contribution in [-0.2, 0) is 4.79 Å². The van der Waals surface area contributed by atoms with Crippen molar-refractivity contribution < 1.29 is 14.1 Å².